The maximum absolute atomic E-state index is 12.4. The lowest BCUT2D eigenvalue weighted by atomic mass is 10.3. The summed E-state index contributed by atoms with van der Waals surface area (Å²) in [5.41, 5.74) is 0.250. The summed E-state index contributed by atoms with van der Waals surface area (Å²) < 4.78 is 50.6. The van der Waals surface area contributed by atoms with Crippen LogP contribution in [-0.2, 0) is 41.6 Å². The third kappa shape index (κ3) is 13.9. The molecule has 13 heteroatoms. The highest BCUT2D eigenvalue weighted by Crippen LogP contribution is 2.47. The summed E-state index contributed by atoms with van der Waals surface area (Å²) in [5, 5.41) is 5.15. The standard InChI is InChI=1S/C20H38N2O9P2/c1-7-28-32(25,29-8-2)13-11-21-19(23)17(5)15-27-16-18(6)20(24)22-12-14-33(26,30-9-3)31-10-4/h5-16H2,1-4H3,(H,21,23)(H,22,24). The van der Waals surface area contributed by atoms with E-state index in [0.717, 1.165) is 0 Å². The van der Waals surface area contributed by atoms with Gasteiger partial charge < -0.3 is 33.5 Å². The summed E-state index contributed by atoms with van der Waals surface area (Å²) in [6.45, 7) is 15.0. The SMILES string of the molecule is C=C(COCC(=C)C(=O)NCCP(=O)(OCC)OCC)C(=O)NCCP(=O)(OCC)OCC. The lowest BCUT2D eigenvalue weighted by Crippen LogP contribution is -2.31. The summed E-state index contributed by atoms with van der Waals surface area (Å²) in [5.74, 6) is -0.959. The maximum atomic E-state index is 12.4. The zero-order valence-electron chi connectivity index (χ0n) is 20.1. The van der Waals surface area contributed by atoms with Crippen LogP contribution in [0.3, 0.4) is 0 Å². The smallest absolute Gasteiger partial charge is 0.332 e. The van der Waals surface area contributed by atoms with Gasteiger partial charge in [0.2, 0.25) is 11.8 Å². The fourth-order valence-corrected chi connectivity index (χ4v) is 5.42. The van der Waals surface area contributed by atoms with Gasteiger partial charge in [-0.25, -0.2) is 0 Å². The van der Waals surface area contributed by atoms with E-state index in [1.54, 1.807) is 27.7 Å². The van der Waals surface area contributed by atoms with E-state index in [2.05, 4.69) is 23.8 Å². The van der Waals surface area contributed by atoms with Crippen molar-refractivity contribution in [3.63, 3.8) is 0 Å². The van der Waals surface area contributed by atoms with Gasteiger partial charge >= 0.3 is 15.2 Å². The summed E-state index contributed by atoms with van der Waals surface area (Å²) in [4.78, 5) is 24.2. The van der Waals surface area contributed by atoms with Crippen molar-refractivity contribution >= 4 is 27.0 Å². The summed E-state index contributed by atoms with van der Waals surface area (Å²) in [6.07, 6.45) is 0.0656. The Morgan fingerprint density at radius 1 is 0.667 bits per heavy atom. The van der Waals surface area contributed by atoms with Gasteiger partial charge in [-0.05, 0) is 27.7 Å². The molecule has 0 aliphatic rings. The van der Waals surface area contributed by atoms with Gasteiger partial charge in [-0.3, -0.25) is 18.7 Å². The Labute approximate surface area is 196 Å². The first kappa shape index (κ1) is 31.7. The van der Waals surface area contributed by atoms with Crippen LogP contribution in [0.25, 0.3) is 0 Å². The molecule has 0 rings (SSSR count). The molecule has 0 aliphatic carbocycles. The molecule has 0 radical (unpaired) electrons. The highest BCUT2D eigenvalue weighted by molar-refractivity contribution is 7.54. The Bertz CT molecular complexity index is 663. The van der Waals surface area contributed by atoms with Crippen molar-refractivity contribution in [2.24, 2.45) is 0 Å². The molecule has 0 saturated heterocycles. The monoisotopic (exact) mass is 512 g/mol. The molecule has 0 atom stereocenters. The van der Waals surface area contributed by atoms with E-state index in [1.165, 1.54) is 0 Å². The van der Waals surface area contributed by atoms with Crippen molar-refractivity contribution < 1.29 is 41.6 Å². The Hall–Kier alpha value is -1.32. The van der Waals surface area contributed by atoms with E-state index >= 15 is 0 Å². The fraction of sp³-hybridized carbons (Fsp3) is 0.700. The lowest BCUT2D eigenvalue weighted by Gasteiger charge is -2.17. The van der Waals surface area contributed by atoms with Crippen molar-refractivity contribution in [3.8, 4) is 0 Å². The molecule has 33 heavy (non-hydrogen) atoms. The number of amides is 2. The first-order valence-corrected chi connectivity index (χ1v) is 14.3. The van der Waals surface area contributed by atoms with Crippen LogP contribution in [0.15, 0.2) is 24.3 Å². The Kier molecular flexibility index (Phi) is 16.5. The molecule has 0 unspecified atom stereocenters. The van der Waals surface area contributed by atoms with Crippen LogP contribution >= 0.6 is 15.2 Å². The zero-order chi connectivity index (χ0) is 25.3. The number of hydrogen-bond donors (Lipinski definition) is 2. The molecule has 0 spiro atoms. The van der Waals surface area contributed by atoms with E-state index in [1.807, 2.05) is 0 Å². The predicted molar refractivity (Wildman–Crippen MR) is 127 cm³/mol. The second kappa shape index (κ2) is 17.2. The van der Waals surface area contributed by atoms with E-state index in [4.69, 9.17) is 22.8 Å². The highest BCUT2D eigenvalue weighted by atomic mass is 31.2. The topological polar surface area (TPSA) is 138 Å². The van der Waals surface area contributed by atoms with Crippen LogP contribution < -0.4 is 10.6 Å². The van der Waals surface area contributed by atoms with Crippen molar-refractivity contribution in [2.45, 2.75) is 27.7 Å². The van der Waals surface area contributed by atoms with Gasteiger partial charge in [-0.15, -0.1) is 0 Å². The number of nitrogens with one attached hydrogen (secondary N) is 2. The third-order valence-corrected chi connectivity index (χ3v) is 7.99. The zero-order valence-corrected chi connectivity index (χ0v) is 21.8. The Morgan fingerprint density at radius 2 is 0.970 bits per heavy atom. The minimum absolute atomic E-state index is 0.0328. The minimum Gasteiger partial charge on any atom is -0.372 e. The fourth-order valence-electron chi connectivity index (χ4n) is 2.41. The Balaban J connectivity index is 4.27. The number of carbonyl (C=O) groups is 2. The first-order chi connectivity index (χ1) is 15.6. The molecule has 0 aromatic rings. The highest BCUT2D eigenvalue weighted by Gasteiger charge is 2.24. The minimum atomic E-state index is -3.24. The molecule has 2 N–H and O–H groups in total. The Morgan fingerprint density at radius 3 is 1.24 bits per heavy atom. The van der Waals surface area contributed by atoms with E-state index < -0.39 is 27.0 Å². The molecule has 192 valence electrons. The molecule has 0 aromatic heterocycles. The van der Waals surface area contributed by atoms with Crippen molar-refractivity contribution in [1.29, 1.82) is 0 Å². The van der Waals surface area contributed by atoms with E-state index in [-0.39, 0.29) is 76.2 Å². The van der Waals surface area contributed by atoms with Crippen molar-refractivity contribution in [1.82, 2.24) is 10.6 Å². The molecule has 0 bridgehead atoms. The summed E-state index contributed by atoms with van der Waals surface area (Å²) in [6, 6.07) is 0. The number of ether oxygens (including phenoxy) is 1. The molecule has 0 heterocycles. The average Bonchev–Trinajstić information content (AvgIpc) is 2.73. The quantitative estimate of drug-likeness (QED) is 0.186. The largest absolute Gasteiger partial charge is 0.372 e. The van der Waals surface area contributed by atoms with Crippen LogP contribution in [0, 0.1) is 0 Å². The van der Waals surface area contributed by atoms with Crippen LogP contribution in [0.2, 0.25) is 0 Å². The van der Waals surface area contributed by atoms with Gasteiger partial charge in [0.05, 0.1) is 52.0 Å². The van der Waals surface area contributed by atoms with Crippen molar-refractivity contribution in [2.75, 3.05) is 65.1 Å². The molecular weight excluding hydrogens is 474 g/mol. The van der Waals surface area contributed by atoms with E-state index in [0.29, 0.717) is 0 Å². The van der Waals surface area contributed by atoms with Gasteiger partial charge in [0, 0.05) is 24.2 Å². The van der Waals surface area contributed by atoms with E-state index in [9.17, 15) is 18.7 Å². The molecular formula is C20H38N2O9P2. The molecule has 0 saturated carbocycles. The maximum Gasteiger partial charge on any atom is 0.332 e. The second-order valence-electron chi connectivity index (χ2n) is 6.55. The third-order valence-electron chi connectivity index (χ3n) is 3.84. The number of rotatable bonds is 20. The molecule has 0 aromatic carbocycles. The molecule has 0 fully saturated rings. The van der Waals surface area contributed by atoms with Gasteiger partial charge in [0.15, 0.2) is 0 Å². The molecule has 0 aliphatic heterocycles. The van der Waals surface area contributed by atoms with Gasteiger partial charge in [-0.2, -0.15) is 0 Å². The van der Waals surface area contributed by atoms with Crippen LogP contribution in [0.4, 0.5) is 0 Å². The second-order valence-corrected chi connectivity index (χ2v) is 10.9. The molecule has 11 nitrogen and oxygen atoms in total. The predicted octanol–water partition coefficient (Wildman–Crippen LogP) is 2.88. The summed E-state index contributed by atoms with van der Waals surface area (Å²) >= 11 is 0. The van der Waals surface area contributed by atoms with Crippen LogP contribution in [0.5, 0.6) is 0 Å². The average molecular weight is 512 g/mol. The number of carbonyl (C=O) groups excluding carboxylic acids is 2. The van der Waals surface area contributed by atoms with Gasteiger partial charge in [-0.1, -0.05) is 13.2 Å². The lowest BCUT2D eigenvalue weighted by molar-refractivity contribution is -0.118. The van der Waals surface area contributed by atoms with Crippen LogP contribution in [-0.4, -0.2) is 76.9 Å². The summed E-state index contributed by atoms with van der Waals surface area (Å²) in [7, 11) is -6.49. The normalized spacial score (nSPS) is 11.8. The van der Waals surface area contributed by atoms with Gasteiger partial charge in [0.25, 0.3) is 0 Å². The first-order valence-electron chi connectivity index (χ1n) is 10.8. The number of hydrogen-bond acceptors (Lipinski definition) is 9. The van der Waals surface area contributed by atoms with Crippen LogP contribution in [0.1, 0.15) is 27.7 Å². The molecule has 2 amide bonds. The van der Waals surface area contributed by atoms with Crippen molar-refractivity contribution in [3.05, 3.63) is 24.3 Å². The van der Waals surface area contributed by atoms with Gasteiger partial charge in [0.1, 0.15) is 0 Å².